The van der Waals surface area contributed by atoms with Crippen molar-refractivity contribution < 1.29 is 9.53 Å². The van der Waals surface area contributed by atoms with Crippen LogP contribution in [0.15, 0.2) is 24.3 Å². The molecule has 1 aromatic carbocycles. The van der Waals surface area contributed by atoms with Crippen molar-refractivity contribution in [2.45, 2.75) is 32.5 Å². The molecule has 1 saturated heterocycles. The summed E-state index contributed by atoms with van der Waals surface area (Å²) < 4.78 is 5.53. The van der Waals surface area contributed by atoms with Gasteiger partial charge in [0, 0.05) is 18.7 Å². The lowest BCUT2D eigenvalue weighted by molar-refractivity contribution is -0.0440. The molecule has 0 bridgehead atoms. The van der Waals surface area contributed by atoms with Crippen LogP contribution in [-0.4, -0.2) is 36.1 Å². The van der Waals surface area contributed by atoms with E-state index in [2.05, 4.69) is 0 Å². The van der Waals surface area contributed by atoms with E-state index >= 15 is 0 Å². The molecule has 2 unspecified atom stereocenters. The molecule has 19 heavy (non-hydrogen) atoms. The number of morpholine rings is 1. The Morgan fingerprint density at radius 1 is 1.37 bits per heavy atom. The second-order valence-electron chi connectivity index (χ2n) is 4.72. The van der Waals surface area contributed by atoms with Gasteiger partial charge in [-0.25, -0.2) is 0 Å². The Balaban J connectivity index is 0.00000180. The number of amides is 1. The maximum absolute atomic E-state index is 12.4. The van der Waals surface area contributed by atoms with Crippen LogP contribution in [0.3, 0.4) is 0 Å². The van der Waals surface area contributed by atoms with E-state index in [9.17, 15) is 4.79 Å². The SMILES string of the molecule is CC1OCCN(C(=O)c2ccc(CN)cc2)C1C.Cl. The van der Waals surface area contributed by atoms with Gasteiger partial charge in [-0.2, -0.15) is 0 Å². The minimum atomic E-state index is 0. The van der Waals surface area contributed by atoms with Gasteiger partial charge in [0.25, 0.3) is 5.91 Å². The highest BCUT2D eigenvalue weighted by Crippen LogP contribution is 2.17. The zero-order chi connectivity index (χ0) is 13.1. The van der Waals surface area contributed by atoms with Crippen molar-refractivity contribution in [3.05, 3.63) is 35.4 Å². The summed E-state index contributed by atoms with van der Waals surface area (Å²) >= 11 is 0. The molecule has 1 aliphatic rings. The molecule has 0 radical (unpaired) electrons. The van der Waals surface area contributed by atoms with E-state index in [1.807, 2.05) is 43.0 Å². The number of ether oxygens (including phenoxy) is 1. The molecule has 106 valence electrons. The first-order chi connectivity index (χ1) is 8.63. The summed E-state index contributed by atoms with van der Waals surface area (Å²) in [6, 6.07) is 7.61. The van der Waals surface area contributed by atoms with Crippen molar-refractivity contribution in [1.29, 1.82) is 0 Å². The van der Waals surface area contributed by atoms with Gasteiger partial charge in [-0.1, -0.05) is 12.1 Å². The Hall–Kier alpha value is -1.10. The highest BCUT2D eigenvalue weighted by Gasteiger charge is 2.29. The molecular formula is C14H21ClN2O2. The minimum Gasteiger partial charge on any atom is -0.375 e. The number of rotatable bonds is 2. The number of carbonyl (C=O) groups is 1. The highest BCUT2D eigenvalue weighted by atomic mass is 35.5. The standard InChI is InChI=1S/C14H20N2O2.ClH/c1-10-11(2)18-8-7-16(10)14(17)13-5-3-12(9-15)4-6-13;/h3-6,10-11H,7-9,15H2,1-2H3;1H. The molecule has 1 aromatic rings. The van der Waals surface area contributed by atoms with Crippen LogP contribution < -0.4 is 5.73 Å². The Kier molecular flexibility index (Phi) is 5.79. The van der Waals surface area contributed by atoms with Gasteiger partial charge in [0.05, 0.1) is 18.8 Å². The fourth-order valence-electron chi connectivity index (χ4n) is 2.17. The lowest BCUT2D eigenvalue weighted by Crippen LogP contribution is -2.51. The number of hydrogen-bond acceptors (Lipinski definition) is 3. The van der Waals surface area contributed by atoms with E-state index in [1.54, 1.807) is 0 Å². The predicted octanol–water partition coefficient (Wildman–Crippen LogP) is 1.82. The summed E-state index contributed by atoms with van der Waals surface area (Å²) in [6.07, 6.45) is 0.0889. The third-order valence-corrected chi connectivity index (χ3v) is 3.58. The van der Waals surface area contributed by atoms with E-state index in [0.29, 0.717) is 25.3 Å². The van der Waals surface area contributed by atoms with Gasteiger partial charge in [-0.05, 0) is 31.5 Å². The Labute approximate surface area is 120 Å². The molecular weight excluding hydrogens is 264 g/mol. The van der Waals surface area contributed by atoms with Crippen molar-refractivity contribution in [2.24, 2.45) is 5.73 Å². The van der Waals surface area contributed by atoms with Crippen molar-refractivity contribution >= 4 is 18.3 Å². The summed E-state index contributed by atoms with van der Waals surface area (Å²) in [4.78, 5) is 14.3. The molecule has 2 rings (SSSR count). The largest absolute Gasteiger partial charge is 0.375 e. The van der Waals surface area contributed by atoms with Gasteiger partial charge < -0.3 is 15.4 Å². The first kappa shape index (κ1) is 16.0. The molecule has 5 heteroatoms. The molecule has 1 heterocycles. The van der Waals surface area contributed by atoms with Crippen molar-refractivity contribution in [3.8, 4) is 0 Å². The van der Waals surface area contributed by atoms with Crippen LogP contribution in [0.5, 0.6) is 0 Å². The monoisotopic (exact) mass is 284 g/mol. The molecule has 1 fully saturated rings. The number of nitrogens with two attached hydrogens (primary N) is 1. The predicted molar refractivity (Wildman–Crippen MR) is 77.5 cm³/mol. The number of hydrogen-bond donors (Lipinski definition) is 1. The van der Waals surface area contributed by atoms with Gasteiger partial charge in [-0.3, -0.25) is 4.79 Å². The fourth-order valence-corrected chi connectivity index (χ4v) is 2.17. The molecule has 4 nitrogen and oxygen atoms in total. The Bertz CT molecular complexity index is 422. The molecule has 1 amide bonds. The van der Waals surface area contributed by atoms with E-state index in [-0.39, 0.29) is 30.5 Å². The molecule has 2 atom stereocenters. The lowest BCUT2D eigenvalue weighted by atomic mass is 10.1. The van der Waals surface area contributed by atoms with Crippen LogP contribution >= 0.6 is 12.4 Å². The smallest absolute Gasteiger partial charge is 0.254 e. The van der Waals surface area contributed by atoms with Crippen LogP contribution in [-0.2, 0) is 11.3 Å². The number of nitrogens with zero attached hydrogens (tertiary/aromatic N) is 1. The van der Waals surface area contributed by atoms with Gasteiger partial charge in [0.15, 0.2) is 0 Å². The average Bonchev–Trinajstić information content (AvgIpc) is 2.41. The molecule has 1 aliphatic heterocycles. The van der Waals surface area contributed by atoms with Gasteiger partial charge in [-0.15, -0.1) is 12.4 Å². The number of halogens is 1. The normalized spacial score (nSPS) is 22.8. The Morgan fingerprint density at radius 3 is 2.58 bits per heavy atom. The first-order valence-corrected chi connectivity index (χ1v) is 6.35. The Morgan fingerprint density at radius 2 is 2.00 bits per heavy atom. The lowest BCUT2D eigenvalue weighted by Gasteiger charge is -2.37. The summed E-state index contributed by atoms with van der Waals surface area (Å²) in [5.74, 6) is 0.0706. The van der Waals surface area contributed by atoms with Crippen LogP contribution in [0, 0.1) is 0 Å². The first-order valence-electron chi connectivity index (χ1n) is 6.35. The van der Waals surface area contributed by atoms with Crippen LogP contribution in [0.2, 0.25) is 0 Å². The minimum absolute atomic E-state index is 0. The number of carbonyl (C=O) groups excluding carboxylic acids is 1. The van der Waals surface area contributed by atoms with E-state index in [1.165, 1.54) is 0 Å². The molecule has 0 aromatic heterocycles. The van der Waals surface area contributed by atoms with E-state index in [4.69, 9.17) is 10.5 Å². The third-order valence-electron chi connectivity index (χ3n) is 3.58. The fraction of sp³-hybridized carbons (Fsp3) is 0.500. The van der Waals surface area contributed by atoms with Crippen molar-refractivity contribution in [1.82, 2.24) is 4.90 Å². The van der Waals surface area contributed by atoms with Gasteiger partial charge in [0.1, 0.15) is 0 Å². The summed E-state index contributed by atoms with van der Waals surface area (Å²) in [7, 11) is 0. The van der Waals surface area contributed by atoms with Crippen molar-refractivity contribution in [3.63, 3.8) is 0 Å². The van der Waals surface area contributed by atoms with Gasteiger partial charge >= 0.3 is 0 Å². The number of benzene rings is 1. The zero-order valence-corrected chi connectivity index (χ0v) is 12.2. The zero-order valence-electron chi connectivity index (χ0n) is 11.3. The molecule has 0 saturated carbocycles. The maximum atomic E-state index is 12.4. The maximum Gasteiger partial charge on any atom is 0.254 e. The summed E-state index contributed by atoms with van der Waals surface area (Å²) in [5, 5.41) is 0. The van der Waals surface area contributed by atoms with Gasteiger partial charge in [0.2, 0.25) is 0 Å². The van der Waals surface area contributed by atoms with E-state index < -0.39 is 0 Å². The van der Waals surface area contributed by atoms with Crippen LogP contribution in [0.25, 0.3) is 0 Å². The summed E-state index contributed by atoms with van der Waals surface area (Å²) in [6.45, 7) is 5.79. The average molecular weight is 285 g/mol. The van der Waals surface area contributed by atoms with Crippen LogP contribution in [0.1, 0.15) is 29.8 Å². The third kappa shape index (κ3) is 3.47. The quantitative estimate of drug-likeness (QED) is 0.901. The second-order valence-corrected chi connectivity index (χ2v) is 4.72. The van der Waals surface area contributed by atoms with Crippen LogP contribution in [0.4, 0.5) is 0 Å². The molecule has 2 N–H and O–H groups in total. The second kappa shape index (κ2) is 6.89. The molecule has 0 spiro atoms. The van der Waals surface area contributed by atoms with Crippen molar-refractivity contribution in [2.75, 3.05) is 13.2 Å². The topological polar surface area (TPSA) is 55.6 Å². The van der Waals surface area contributed by atoms with E-state index in [0.717, 1.165) is 5.56 Å². The summed E-state index contributed by atoms with van der Waals surface area (Å²) in [5.41, 5.74) is 7.30. The highest BCUT2D eigenvalue weighted by molar-refractivity contribution is 5.94. The molecule has 0 aliphatic carbocycles.